The van der Waals surface area contributed by atoms with Crippen LogP contribution in [0.15, 0.2) is 59.5 Å². The molecular weight excluding hydrogens is 304 g/mol. The first-order chi connectivity index (χ1) is 10.4. The van der Waals surface area contributed by atoms with Crippen LogP contribution in [0.1, 0.15) is 5.56 Å². The monoisotopic (exact) mass is 320 g/mol. The van der Waals surface area contributed by atoms with E-state index in [2.05, 4.69) is 5.32 Å². The van der Waals surface area contributed by atoms with Gasteiger partial charge in [0.05, 0.1) is 10.9 Å². The van der Waals surface area contributed by atoms with E-state index in [1.54, 1.807) is 0 Å². The molecule has 0 spiro atoms. The first kappa shape index (κ1) is 16.2. The first-order valence-corrected chi connectivity index (χ1v) is 7.98. The number of anilines is 1. The van der Waals surface area contributed by atoms with E-state index in [9.17, 15) is 13.2 Å². The second-order valence-corrected chi connectivity index (χ2v) is 6.21. The standard InChI is InChI=1S/C15H16N2O4S/c16-14(10-11-4-2-1-3-5-11)15(18)17-12-6-8-13(9-7-12)22(19,20)21/h1-9,14H,10,16H2,(H,17,18)(H,19,20,21)/t14-/m0/s1. The third-order valence-electron chi connectivity index (χ3n) is 3.05. The van der Waals surface area contributed by atoms with Gasteiger partial charge in [0.1, 0.15) is 0 Å². The molecule has 0 aliphatic rings. The summed E-state index contributed by atoms with van der Waals surface area (Å²) in [6, 6.07) is 13.8. The highest BCUT2D eigenvalue weighted by Crippen LogP contribution is 2.14. The van der Waals surface area contributed by atoms with Crippen LogP contribution in [0.5, 0.6) is 0 Å². The van der Waals surface area contributed by atoms with Gasteiger partial charge in [-0.3, -0.25) is 9.35 Å². The Hall–Kier alpha value is -2.22. The molecule has 0 saturated heterocycles. The van der Waals surface area contributed by atoms with Crippen molar-refractivity contribution in [3.05, 3.63) is 60.2 Å². The second kappa shape index (κ2) is 6.69. The van der Waals surface area contributed by atoms with Gasteiger partial charge in [-0.1, -0.05) is 30.3 Å². The summed E-state index contributed by atoms with van der Waals surface area (Å²) in [6.07, 6.45) is 0.399. The lowest BCUT2D eigenvalue weighted by Crippen LogP contribution is -2.37. The van der Waals surface area contributed by atoms with Crippen molar-refractivity contribution in [1.29, 1.82) is 0 Å². The zero-order chi connectivity index (χ0) is 16.2. The zero-order valence-corrected chi connectivity index (χ0v) is 12.5. The van der Waals surface area contributed by atoms with Crippen molar-refractivity contribution in [1.82, 2.24) is 0 Å². The van der Waals surface area contributed by atoms with E-state index in [1.807, 2.05) is 30.3 Å². The van der Waals surface area contributed by atoms with Crippen molar-refractivity contribution in [2.45, 2.75) is 17.4 Å². The van der Waals surface area contributed by atoms with Crippen LogP contribution in [0, 0.1) is 0 Å². The summed E-state index contributed by atoms with van der Waals surface area (Å²) in [5.74, 6) is -0.372. The zero-order valence-electron chi connectivity index (χ0n) is 11.6. The lowest BCUT2D eigenvalue weighted by atomic mass is 10.1. The van der Waals surface area contributed by atoms with Crippen molar-refractivity contribution in [3.63, 3.8) is 0 Å². The summed E-state index contributed by atoms with van der Waals surface area (Å²) in [5.41, 5.74) is 7.20. The molecule has 0 fully saturated rings. The number of carbonyl (C=O) groups is 1. The highest BCUT2D eigenvalue weighted by Gasteiger charge is 2.15. The normalized spacial score (nSPS) is 12.6. The summed E-state index contributed by atoms with van der Waals surface area (Å²) in [6.45, 7) is 0. The number of carbonyl (C=O) groups excluding carboxylic acids is 1. The fourth-order valence-corrected chi connectivity index (χ4v) is 2.39. The molecule has 2 aromatic rings. The van der Waals surface area contributed by atoms with E-state index >= 15 is 0 Å². The Bertz CT molecular complexity index is 743. The predicted octanol–water partition coefficient (Wildman–Crippen LogP) is 1.44. The van der Waals surface area contributed by atoms with E-state index in [4.69, 9.17) is 10.3 Å². The molecule has 7 heteroatoms. The van der Waals surface area contributed by atoms with E-state index in [0.717, 1.165) is 5.56 Å². The van der Waals surface area contributed by atoms with Gasteiger partial charge in [0.25, 0.3) is 10.1 Å². The van der Waals surface area contributed by atoms with Gasteiger partial charge in [0.2, 0.25) is 5.91 Å². The third kappa shape index (κ3) is 4.39. The molecule has 4 N–H and O–H groups in total. The Kier molecular flexibility index (Phi) is 4.92. The summed E-state index contributed by atoms with van der Waals surface area (Å²) in [7, 11) is -4.24. The minimum absolute atomic E-state index is 0.237. The lowest BCUT2D eigenvalue weighted by Gasteiger charge is -2.12. The summed E-state index contributed by atoms with van der Waals surface area (Å²) >= 11 is 0. The number of nitrogens with two attached hydrogens (primary N) is 1. The highest BCUT2D eigenvalue weighted by molar-refractivity contribution is 7.85. The molecule has 0 radical (unpaired) electrons. The van der Waals surface area contributed by atoms with Crippen LogP contribution in [0.2, 0.25) is 0 Å². The molecule has 2 aromatic carbocycles. The molecule has 0 aromatic heterocycles. The van der Waals surface area contributed by atoms with Crippen molar-refractivity contribution < 1.29 is 17.8 Å². The van der Waals surface area contributed by atoms with Gasteiger partial charge in [0, 0.05) is 5.69 Å². The van der Waals surface area contributed by atoms with Crippen molar-refractivity contribution >= 4 is 21.7 Å². The number of benzene rings is 2. The number of amides is 1. The maximum absolute atomic E-state index is 12.0. The molecule has 0 aliphatic heterocycles. The molecule has 0 heterocycles. The molecule has 116 valence electrons. The van der Waals surface area contributed by atoms with E-state index in [1.165, 1.54) is 24.3 Å². The molecule has 0 saturated carbocycles. The van der Waals surface area contributed by atoms with Crippen LogP contribution in [0.3, 0.4) is 0 Å². The fraction of sp³-hybridized carbons (Fsp3) is 0.133. The maximum atomic E-state index is 12.0. The van der Waals surface area contributed by atoms with Gasteiger partial charge in [-0.2, -0.15) is 8.42 Å². The molecular formula is C15H16N2O4S. The van der Waals surface area contributed by atoms with E-state index in [0.29, 0.717) is 12.1 Å². The van der Waals surface area contributed by atoms with Gasteiger partial charge in [-0.15, -0.1) is 0 Å². The minimum atomic E-state index is -4.24. The van der Waals surface area contributed by atoms with Gasteiger partial charge in [-0.05, 0) is 36.2 Å². The van der Waals surface area contributed by atoms with Crippen molar-refractivity contribution in [2.24, 2.45) is 5.73 Å². The second-order valence-electron chi connectivity index (χ2n) is 4.78. The topological polar surface area (TPSA) is 109 Å². The van der Waals surface area contributed by atoms with Crippen LogP contribution in [-0.2, 0) is 21.3 Å². The van der Waals surface area contributed by atoms with Crippen LogP contribution in [-0.4, -0.2) is 24.9 Å². The average Bonchev–Trinajstić information content (AvgIpc) is 2.48. The maximum Gasteiger partial charge on any atom is 0.294 e. The van der Waals surface area contributed by atoms with E-state index in [-0.39, 0.29) is 10.8 Å². The van der Waals surface area contributed by atoms with Crippen molar-refractivity contribution in [2.75, 3.05) is 5.32 Å². The Morgan fingerprint density at radius 3 is 2.23 bits per heavy atom. The number of nitrogens with one attached hydrogen (secondary N) is 1. The molecule has 1 amide bonds. The van der Waals surface area contributed by atoms with Gasteiger partial charge >= 0.3 is 0 Å². The molecule has 2 rings (SSSR count). The SMILES string of the molecule is N[C@@H](Cc1ccccc1)C(=O)Nc1ccc(S(=O)(=O)O)cc1. The predicted molar refractivity (Wildman–Crippen MR) is 83.0 cm³/mol. The number of hydrogen-bond donors (Lipinski definition) is 3. The van der Waals surface area contributed by atoms with Gasteiger partial charge in [0.15, 0.2) is 0 Å². The smallest absolute Gasteiger partial charge is 0.294 e. The highest BCUT2D eigenvalue weighted by atomic mass is 32.2. The summed E-state index contributed by atoms with van der Waals surface area (Å²) in [5, 5.41) is 2.60. The molecule has 1 atom stereocenters. The summed E-state index contributed by atoms with van der Waals surface area (Å²) < 4.78 is 30.7. The first-order valence-electron chi connectivity index (χ1n) is 6.54. The molecule has 0 bridgehead atoms. The van der Waals surface area contributed by atoms with Crippen LogP contribution in [0.4, 0.5) is 5.69 Å². The Morgan fingerprint density at radius 2 is 1.68 bits per heavy atom. The van der Waals surface area contributed by atoms with Crippen LogP contribution >= 0.6 is 0 Å². The third-order valence-corrected chi connectivity index (χ3v) is 3.92. The largest absolute Gasteiger partial charge is 0.325 e. The van der Waals surface area contributed by atoms with Gasteiger partial charge in [-0.25, -0.2) is 0 Å². The fourth-order valence-electron chi connectivity index (χ4n) is 1.91. The Balaban J connectivity index is 1.99. The quantitative estimate of drug-likeness (QED) is 0.722. The number of rotatable bonds is 5. The van der Waals surface area contributed by atoms with Crippen LogP contribution < -0.4 is 11.1 Å². The van der Waals surface area contributed by atoms with E-state index < -0.39 is 16.2 Å². The molecule has 6 nitrogen and oxygen atoms in total. The van der Waals surface area contributed by atoms with Crippen LogP contribution in [0.25, 0.3) is 0 Å². The Labute approximate surface area is 128 Å². The lowest BCUT2D eigenvalue weighted by molar-refractivity contribution is -0.117. The minimum Gasteiger partial charge on any atom is -0.325 e. The average molecular weight is 320 g/mol. The number of hydrogen-bond acceptors (Lipinski definition) is 4. The summed E-state index contributed by atoms with van der Waals surface area (Å²) in [4.78, 5) is 11.8. The molecule has 0 aliphatic carbocycles. The Morgan fingerprint density at radius 1 is 1.09 bits per heavy atom. The van der Waals surface area contributed by atoms with Crippen molar-refractivity contribution in [3.8, 4) is 0 Å². The van der Waals surface area contributed by atoms with Gasteiger partial charge < -0.3 is 11.1 Å². The molecule has 0 unspecified atom stereocenters. The molecule has 22 heavy (non-hydrogen) atoms.